The Morgan fingerprint density at radius 3 is 2.78 bits per heavy atom. The molecule has 2 unspecified atom stereocenters. The van der Waals surface area contributed by atoms with Gasteiger partial charge in [0.25, 0.3) is 5.91 Å². The van der Waals surface area contributed by atoms with Crippen LogP contribution < -0.4 is 5.32 Å². The second-order valence-corrected chi connectivity index (χ2v) is 5.80. The van der Waals surface area contributed by atoms with Crippen molar-refractivity contribution in [2.45, 2.75) is 25.0 Å². The molecule has 0 spiro atoms. The lowest BCUT2D eigenvalue weighted by molar-refractivity contribution is -0.0251. The van der Waals surface area contributed by atoms with Crippen LogP contribution in [0, 0.1) is 3.57 Å². The summed E-state index contributed by atoms with van der Waals surface area (Å²) >= 11 is 2.19. The van der Waals surface area contributed by atoms with Crippen molar-refractivity contribution in [3.8, 4) is 0 Å². The van der Waals surface area contributed by atoms with E-state index in [1.54, 1.807) is 12.1 Å². The molecule has 0 radical (unpaired) electrons. The molecular formula is C13H16INO3. The van der Waals surface area contributed by atoms with E-state index in [0.717, 1.165) is 3.57 Å². The van der Waals surface area contributed by atoms with E-state index < -0.39 is 5.60 Å². The van der Waals surface area contributed by atoms with E-state index in [0.29, 0.717) is 18.6 Å². The summed E-state index contributed by atoms with van der Waals surface area (Å²) in [5.41, 5.74) is -0.343. The van der Waals surface area contributed by atoms with Crippen molar-refractivity contribution in [3.63, 3.8) is 0 Å². The van der Waals surface area contributed by atoms with E-state index in [-0.39, 0.29) is 18.6 Å². The van der Waals surface area contributed by atoms with Gasteiger partial charge in [0.05, 0.1) is 6.10 Å². The molecule has 1 aliphatic rings. The van der Waals surface area contributed by atoms with Crippen LogP contribution in [0.25, 0.3) is 0 Å². The third-order valence-electron chi connectivity index (χ3n) is 3.32. The molecule has 0 saturated carbocycles. The highest BCUT2D eigenvalue weighted by atomic mass is 127. The van der Waals surface area contributed by atoms with Gasteiger partial charge in [-0.25, -0.2) is 0 Å². The number of hydrogen-bond donors (Lipinski definition) is 2. The summed E-state index contributed by atoms with van der Waals surface area (Å²) in [5, 5.41) is 13.0. The molecule has 4 nitrogen and oxygen atoms in total. The van der Waals surface area contributed by atoms with Gasteiger partial charge < -0.3 is 15.2 Å². The van der Waals surface area contributed by atoms with Crippen molar-refractivity contribution in [2.24, 2.45) is 0 Å². The molecule has 1 fully saturated rings. The normalized spacial score (nSPS) is 27.2. The molecule has 0 aliphatic carbocycles. The summed E-state index contributed by atoms with van der Waals surface area (Å²) in [6.45, 7) is 2.58. The molecule has 5 heteroatoms. The molecular weight excluding hydrogens is 345 g/mol. The summed E-state index contributed by atoms with van der Waals surface area (Å²) in [5.74, 6) is -0.168. The number of carbonyl (C=O) groups is 1. The zero-order chi connectivity index (χ0) is 13.2. The van der Waals surface area contributed by atoms with Crippen molar-refractivity contribution < 1.29 is 14.6 Å². The van der Waals surface area contributed by atoms with Gasteiger partial charge in [0.1, 0.15) is 5.60 Å². The number of amides is 1. The number of rotatable bonds is 3. The summed E-state index contributed by atoms with van der Waals surface area (Å²) < 4.78 is 6.40. The lowest BCUT2D eigenvalue weighted by atomic mass is 9.96. The first kappa shape index (κ1) is 13.8. The fourth-order valence-electron chi connectivity index (χ4n) is 1.94. The molecule has 1 aromatic carbocycles. The van der Waals surface area contributed by atoms with Gasteiger partial charge in [-0.2, -0.15) is 0 Å². The topological polar surface area (TPSA) is 58.6 Å². The molecule has 1 saturated heterocycles. The van der Waals surface area contributed by atoms with Crippen LogP contribution in [-0.2, 0) is 4.74 Å². The second kappa shape index (κ2) is 5.54. The van der Waals surface area contributed by atoms with Gasteiger partial charge >= 0.3 is 0 Å². The van der Waals surface area contributed by atoms with Gasteiger partial charge in [-0.15, -0.1) is 0 Å². The Hall–Kier alpha value is -0.660. The molecule has 1 aliphatic heterocycles. The van der Waals surface area contributed by atoms with Crippen LogP contribution in [0.1, 0.15) is 23.7 Å². The maximum absolute atomic E-state index is 11.9. The van der Waals surface area contributed by atoms with Crippen LogP contribution in [0.4, 0.5) is 0 Å². The fourth-order valence-corrected chi connectivity index (χ4v) is 2.30. The minimum absolute atomic E-state index is 0.168. The Balaban J connectivity index is 1.94. The average Bonchev–Trinajstić information content (AvgIpc) is 2.68. The van der Waals surface area contributed by atoms with Crippen LogP contribution in [0.2, 0.25) is 0 Å². The van der Waals surface area contributed by atoms with E-state index in [4.69, 9.17) is 4.74 Å². The third-order valence-corrected chi connectivity index (χ3v) is 4.04. The Morgan fingerprint density at radius 1 is 1.56 bits per heavy atom. The van der Waals surface area contributed by atoms with Crippen LogP contribution in [-0.4, -0.2) is 35.9 Å². The molecule has 2 N–H and O–H groups in total. The molecule has 2 rings (SSSR count). The monoisotopic (exact) mass is 361 g/mol. The highest BCUT2D eigenvalue weighted by Gasteiger charge is 2.39. The maximum atomic E-state index is 11.9. The van der Waals surface area contributed by atoms with Crippen molar-refractivity contribution in [2.75, 3.05) is 13.2 Å². The first-order chi connectivity index (χ1) is 8.51. The highest BCUT2D eigenvalue weighted by Crippen LogP contribution is 2.24. The molecule has 1 amide bonds. The predicted molar refractivity (Wildman–Crippen MR) is 76.5 cm³/mol. The van der Waals surface area contributed by atoms with E-state index in [1.807, 2.05) is 19.1 Å². The Morgan fingerprint density at radius 2 is 2.22 bits per heavy atom. The van der Waals surface area contributed by atoms with Crippen molar-refractivity contribution in [3.05, 3.63) is 33.4 Å². The molecule has 2 atom stereocenters. The summed E-state index contributed by atoms with van der Waals surface area (Å²) in [6.07, 6.45) is 0.315. The Labute approximate surface area is 120 Å². The second-order valence-electron chi connectivity index (χ2n) is 4.56. The SMILES string of the molecule is CC1OCCC1(O)CNC(=O)c1ccc(I)cc1. The highest BCUT2D eigenvalue weighted by molar-refractivity contribution is 14.1. The van der Waals surface area contributed by atoms with Crippen LogP contribution in [0.3, 0.4) is 0 Å². The smallest absolute Gasteiger partial charge is 0.251 e. The van der Waals surface area contributed by atoms with Crippen molar-refractivity contribution in [1.29, 1.82) is 0 Å². The third kappa shape index (κ3) is 3.02. The molecule has 0 aromatic heterocycles. The summed E-state index contributed by atoms with van der Waals surface area (Å²) in [4.78, 5) is 11.9. The van der Waals surface area contributed by atoms with Gasteiger partial charge in [0.15, 0.2) is 0 Å². The van der Waals surface area contributed by atoms with E-state index in [1.165, 1.54) is 0 Å². The zero-order valence-electron chi connectivity index (χ0n) is 10.1. The predicted octanol–water partition coefficient (Wildman–Crippen LogP) is 1.56. The Kier molecular flexibility index (Phi) is 4.24. The minimum atomic E-state index is -0.946. The summed E-state index contributed by atoms with van der Waals surface area (Å²) in [7, 11) is 0. The quantitative estimate of drug-likeness (QED) is 0.804. The minimum Gasteiger partial charge on any atom is -0.385 e. The number of benzene rings is 1. The van der Waals surface area contributed by atoms with Gasteiger partial charge in [-0.1, -0.05) is 0 Å². The first-order valence-electron chi connectivity index (χ1n) is 5.89. The fraction of sp³-hybridized carbons (Fsp3) is 0.462. The Bertz CT molecular complexity index is 434. The molecule has 1 heterocycles. The summed E-state index contributed by atoms with van der Waals surface area (Å²) in [6, 6.07) is 7.31. The van der Waals surface area contributed by atoms with Crippen molar-refractivity contribution in [1.82, 2.24) is 5.32 Å². The first-order valence-corrected chi connectivity index (χ1v) is 6.97. The number of ether oxygens (including phenoxy) is 1. The van der Waals surface area contributed by atoms with Crippen LogP contribution in [0.5, 0.6) is 0 Å². The lowest BCUT2D eigenvalue weighted by Crippen LogP contribution is -2.47. The lowest BCUT2D eigenvalue weighted by Gasteiger charge is -2.26. The number of hydrogen-bond acceptors (Lipinski definition) is 3. The van der Waals surface area contributed by atoms with Crippen LogP contribution >= 0.6 is 22.6 Å². The van der Waals surface area contributed by atoms with Crippen LogP contribution in [0.15, 0.2) is 24.3 Å². The van der Waals surface area contributed by atoms with Gasteiger partial charge in [0, 0.05) is 28.7 Å². The molecule has 0 bridgehead atoms. The number of aliphatic hydroxyl groups is 1. The number of nitrogens with one attached hydrogen (secondary N) is 1. The van der Waals surface area contributed by atoms with E-state index in [2.05, 4.69) is 27.9 Å². The van der Waals surface area contributed by atoms with Crippen molar-refractivity contribution >= 4 is 28.5 Å². The van der Waals surface area contributed by atoms with Gasteiger partial charge in [-0.05, 0) is 53.8 Å². The average molecular weight is 361 g/mol. The van der Waals surface area contributed by atoms with Gasteiger partial charge in [-0.3, -0.25) is 4.79 Å². The standard InChI is InChI=1S/C13H16INO3/c1-9-13(17,6-7-18-9)8-15-12(16)10-2-4-11(14)5-3-10/h2-5,9,17H,6-8H2,1H3,(H,15,16). The number of carbonyl (C=O) groups excluding carboxylic acids is 1. The number of halogens is 1. The molecule has 1 aromatic rings. The van der Waals surface area contributed by atoms with E-state index >= 15 is 0 Å². The maximum Gasteiger partial charge on any atom is 0.251 e. The van der Waals surface area contributed by atoms with E-state index in [9.17, 15) is 9.90 Å². The molecule has 98 valence electrons. The molecule has 18 heavy (non-hydrogen) atoms. The largest absolute Gasteiger partial charge is 0.385 e. The zero-order valence-corrected chi connectivity index (χ0v) is 12.3. The van der Waals surface area contributed by atoms with Gasteiger partial charge in [0.2, 0.25) is 0 Å².